The Labute approximate surface area is 190 Å². The van der Waals surface area contributed by atoms with Crippen molar-refractivity contribution in [1.82, 2.24) is 29.3 Å². The number of hydrogen-bond donors (Lipinski definition) is 0. The molecule has 1 atom stereocenters. The van der Waals surface area contributed by atoms with Gasteiger partial charge in [0.05, 0.1) is 38.4 Å². The maximum absolute atomic E-state index is 6.15. The molecule has 3 aromatic heterocycles. The van der Waals surface area contributed by atoms with E-state index in [1.165, 1.54) is 0 Å². The number of pyridine rings is 1. The zero-order valence-electron chi connectivity index (χ0n) is 17.7. The molecule has 164 valence electrons. The smallest absolute Gasteiger partial charge is 0.227 e. The van der Waals surface area contributed by atoms with Gasteiger partial charge in [0.1, 0.15) is 0 Å². The first-order chi connectivity index (χ1) is 15.6. The average molecular weight is 452 g/mol. The minimum absolute atomic E-state index is 0.0908. The van der Waals surface area contributed by atoms with Gasteiger partial charge in [0, 0.05) is 48.3 Å². The molecule has 9 nitrogen and oxygen atoms in total. The van der Waals surface area contributed by atoms with Gasteiger partial charge in [0.25, 0.3) is 0 Å². The highest BCUT2D eigenvalue weighted by Gasteiger charge is 2.30. The minimum Gasteiger partial charge on any atom is -0.481 e. The Kier molecular flexibility index (Phi) is 5.50. The van der Waals surface area contributed by atoms with Crippen molar-refractivity contribution in [3.63, 3.8) is 0 Å². The number of benzene rings is 1. The van der Waals surface area contributed by atoms with Crippen molar-refractivity contribution < 1.29 is 9.47 Å². The molecule has 1 fully saturated rings. The van der Waals surface area contributed by atoms with E-state index in [4.69, 9.17) is 21.1 Å². The van der Waals surface area contributed by atoms with E-state index < -0.39 is 0 Å². The molecule has 1 aliphatic rings. The van der Waals surface area contributed by atoms with Gasteiger partial charge in [0.2, 0.25) is 11.8 Å². The molecule has 5 rings (SSSR count). The summed E-state index contributed by atoms with van der Waals surface area (Å²) < 4.78 is 15.0. The molecule has 0 saturated carbocycles. The van der Waals surface area contributed by atoms with E-state index in [1.807, 2.05) is 58.8 Å². The lowest BCUT2D eigenvalue weighted by atomic mass is 10.2. The van der Waals surface area contributed by atoms with Gasteiger partial charge in [-0.05, 0) is 24.3 Å². The first-order valence-corrected chi connectivity index (χ1v) is 10.6. The second-order valence-electron chi connectivity index (χ2n) is 7.44. The normalized spacial score (nSPS) is 16.3. The predicted molar refractivity (Wildman–Crippen MR) is 120 cm³/mol. The molecule has 4 heterocycles. The molecule has 0 radical (unpaired) electrons. The summed E-state index contributed by atoms with van der Waals surface area (Å²) in [6.07, 6.45) is 5.49. The Bertz CT molecular complexity index is 1240. The molecule has 0 bridgehead atoms. The summed E-state index contributed by atoms with van der Waals surface area (Å²) >= 11 is 6.15. The molecule has 1 aromatic carbocycles. The number of methoxy groups -OCH3 is 1. The molecule has 10 heteroatoms. The van der Waals surface area contributed by atoms with E-state index >= 15 is 0 Å². The fourth-order valence-electron chi connectivity index (χ4n) is 3.86. The topological polar surface area (TPSA) is 83.1 Å². The van der Waals surface area contributed by atoms with Crippen LogP contribution in [0.5, 0.6) is 5.88 Å². The largest absolute Gasteiger partial charge is 0.481 e. The molecular weight excluding hydrogens is 430 g/mol. The first-order valence-electron chi connectivity index (χ1n) is 10.2. The van der Waals surface area contributed by atoms with Crippen molar-refractivity contribution in [2.24, 2.45) is 7.05 Å². The maximum atomic E-state index is 6.15. The van der Waals surface area contributed by atoms with Crippen molar-refractivity contribution >= 4 is 17.5 Å². The standard InChI is InChI=1S/C22H22ClN7O2/c1-28-21(15-6-7-24-20(10-15)31-2)26-27-22(28)30-8-9-32-13-19(30)18-12-29(14-25-18)17-5-3-4-16(23)11-17/h3-7,10-12,14,19H,8-9,13H2,1-2H3. The lowest BCUT2D eigenvalue weighted by Gasteiger charge is -2.35. The van der Waals surface area contributed by atoms with Crippen LogP contribution in [-0.2, 0) is 11.8 Å². The molecule has 0 N–H and O–H groups in total. The third kappa shape index (κ3) is 3.80. The van der Waals surface area contributed by atoms with Crippen molar-refractivity contribution in [2.75, 3.05) is 31.8 Å². The maximum Gasteiger partial charge on any atom is 0.227 e. The van der Waals surface area contributed by atoms with Crippen molar-refractivity contribution in [3.05, 3.63) is 65.8 Å². The summed E-state index contributed by atoms with van der Waals surface area (Å²) in [6, 6.07) is 11.3. The lowest BCUT2D eigenvalue weighted by Crippen LogP contribution is -2.41. The third-order valence-electron chi connectivity index (χ3n) is 5.49. The molecule has 0 amide bonds. The molecule has 0 aliphatic carbocycles. The Morgan fingerprint density at radius 3 is 2.91 bits per heavy atom. The Hall–Kier alpha value is -3.43. The summed E-state index contributed by atoms with van der Waals surface area (Å²) in [7, 11) is 3.55. The highest BCUT2D eigenvalue weighted by Crippen LogP contribution is 2.31. The monoisotopic (exact) mass is 451 g/mol. The number of morpholine rings is 1. The number of halogens is 1. The summed E-state index contributed by atoms with van der Waals surface area (Å²) in [6.45, 7) is 1.80. The van der Waals surface area contributed by atoms with Crippen LogP contribution in [0.4, 0.5) is 5.95 Å². The number of nitrogens with zero attached hydrogens (tertiary/aromatic N) is 7. The number of anilines is 1. The van der Waals surface area contributed by atoms with Crippen molar-refractivity contribution in [1.29, 1.82) is 0 Å². The SMILES string of the molecule is COc1cc(-c2nnc(N3CCOCC3c3cn(-c4cccc(Cl)c4)cn3)n2C)ccn1. The molecule has 32 heavy (non-hydrogen) atoms. The Morgan fingerprint density at radius 1 is 1.16 bits per heavy atom. The summed E-state index contributed by atoms with van der Waals surface area (Å²) in [5.41, 5.74) is 2.72. The zero-order valence-corrected chi connectivity index (χ0v) is 18.5. The Morgan fingerprint density at radius 2 is 2.06 bits per heavy atom. The van der Waals surface area contributed by atoms with E-state index in [0.29, 0.717) is 30.7 Å². The van der Waals surface area contributed by atoms with E-state index in [1.54, 1.807) is 19.6 Å². The van der Waals surface area contributed by atoms with Gasteiger partial charge in [0.15, 0.2) is 5.82 Å². The number of ether oxygens (including phenoxy) is 2. The Balaban J connectivity index is 1.46. The third-order valence-corrected chi connectivity index (χ3v) is 5.72. The van der Waals surface area contributed by atoms with Crippen LogP contribution < -0.4 is 9.64 Å². The van der Waals surface area contributed by atoms with Gasteiger partial charge in [-0.25, -0.2) is 9.97 Å². The highest BCUT2D eigenvalue weighted by molar-refractivity contribution is 6.30. The van der Waals surface area contributed by atoms with Crippen LogP contribution >= 0.6 is 11.6 Å². The van der Waals surface area contributed by atoms with Crippen molar-refractivity contribution in [3.8, 4) is 23.0 Å². The van der Waals surface area contributed by atoms with Crippen LogP contribution in [0.3, 0.4) is 0 Å². The van der Waals surface area contributed by atoms with Gasteiger partial charge in [-0.15, -0.1) is 10.2 Å². The highest BCUT2D eigenvalue weighted by atomic mass is 35.5. The summed E-state index contributed by atoms with van der Waals surface area (Å²) in [4.78, 5) is 11.0. The number of aromatic nitrogens is 6. The second kappa shape index (κ2) is 8.60. The van der Waals surface area contributed by atoms with E-state index in [0.717, 1.165) is 28.7 Å². The minimum atomic E-state index is -0.0908. The average Bonchev–Trinajstić information content (AvgIpc) is 3.46. The van der Waals surface area contributed by atoms with Crippen LogP contribution in [0.1, 0.15) is 11.7 Å². The van der Waals surface area contributed by atoms with Crippen molar-refractivity contribution in [2.45, 2.75) is 6.04 Å². The molecular formula is C22H22ClN7O2. The molecule has 4 aromatic rings. The summed E-state index contributed by atoms with van der Waals surface area (Å²) in [5, 5.41) is 9.61. The van der Waals surface area contributed by atoms with E-state index in [2.05, 4.69) is 25.1 Å². The van der Waals surface area contributed by atoms with Crippen LogP contribution in [0, 0.1) is 0 Å². The first kappa shape index (κ1) is 20.5. The molecule has 1 saturated heterocycles. The number of imidazole rings is 1. The van der Waals surface area contributed by atoms with E-state index in [9.17, 15) is 0 Å². The van der Waals surface area contributed by atoms with Gasteiger partial charge < -0.3 is 18.9 Å². The molecule has 1 aliphatic heterocycles. The van der Waals surface area contributed by atoms with Gasteiger partial charge in [-0.3, -0.25) is 4.57 Å². The summed E-state index contributed by atoms with van der Waals surface area (Å²) in [5.74, 6) is 2.01. The fraction of sp³-hybridized carbons (Fsp3) is 0.273. The van der Waals surface area contributed by atoms with Gasteiger partial charge >= 0.3 is 0 Å². The van der Waals surface area contributed by atoms with Gasteiger partial charge in [-0.1, -0.05) is 17.7 Å². The van der Waals surface area contributed by atoms with Crippen LogP contribution in [0.15, 0.2) is 55.1 Å². The molecule has 0 spiro atoms. The van der Waals surface area contributed by atoms with E-state index in [-0.39, 0.29) is 6.04 Å². The van der Waals surface area contributed by atoms with Gasteiger partial charge in [-0.2, -0.15) is 0 Å². The fourth-order valence-corrected chi connectivity index (χ4v) is 4.04. The lowest BCUT2D eigenvalue weighted by molar-refractivity contribution is 0.0919. The zero-order chi connectivity index (χ0) is 22.1. The number of rotatable bonds is 5. The quantitative estimate of drug-likeness (QED) is 0.460. The van der Waals surface area contributed by atoms with Crippen LogP contribution in [0.2, 0.25) is 5.02 Å². The predicted octanol–water partition coefficient (Wildman–Crippen LogP) is 3.30. The van der Waals surface area contributed by atoms with Crippen LogP contribution in [0.25, 0.3) is 17.1 Å². The second-order valence-corrected chi connectivity index (χ2v) is 7.88. The van der Waals surface area contributed by atoms with Crippen LogP contribution in [-0.4, -0.2) is 56.2 Å². The number of hydrogen-bond acceptors (Lipinski definition) is 7. The molecule has 1 unspecified atom stereocenters.